The van der Waals surface area contributed by atoms with E-state index < -0.39 is 6.36 Å². The van der Waals surface area contributed by atoms with Crippen molar-refractivity contribution in [2.24, 2.45) is 0 Å². The van der Waals surface area contributed by atoms with Crippen molar-refractivity contribution in [3.05, 3.63) is 54.9 Å². The summed E-state index contributed by atoms with van der Waals surface area (Å²) in [6.07, 6.45) is -0.898. The van der Waals surface area contributed by atoms with Gasteiger partial charge in [0, 0.05) is 12.4 Å². The van der Waals surface area contributed by atoms with Crippen LogP contribution >= 0.6 is 0 Å². The molecule has 0 atom stereocenters. The van der Waals surface area contributed by atoms with Gasteiger partial charge in [-0.15, -0.1) is 13.2 Å². The quantitative estimate of drug-likeness (QED) is 0.719. The second-order valence-electron chi connectivity index (χ2n) is 4.37. The third-order valence-electron chi connectivity index (χ3n) is 2.99. The lowest BCUT2D eigenvalue weighted by molar-refractivity contribution is -0.274. The number of hydrogen-bond acceptors (Lipinski definition) is 1. The summed E-state index contributed by atoms with van der Waals surface area (Å²) in [4.78, 5) is 3.01. The molecule has 3 rings (SSSR count). The van der Waals surface area contributed by atoms with E-state index in [0.717, 1.165) is 21.9 Å². The maximum atomic E-state index is 12.1. The average Bonchev–Trinajstić information content (AvgIpc) is 2.85. The van der Waals surface area contributed by atoms with Gasteiger partial charge in [-0.25, -0.2) is 0 Å². The molecule has 0 saturated carbocycles. The third kappa shape index (κ3) is 2.61. The second kappa shape index (κ2) is 4.59. The van der Waals surface area contributed by atoms with Crippen LogP contribution in [-0.4, -0.2) is 11.3 Å². The molecule has 0 aliphatic rings. The van der Waals surface area contributed by atoms with E-state index in [1.807, 2.05) is 30.6 Å². The molecule has 2 nitrogen and oxygen atoms in total. The molecule has 20 heavy (non-hydrogen) atoms. The van der Waals surface area contributed by atoms with Crippen molar-refractivity contribution in [1.82, 2.24) is 4.98 Å². The van der Waals surface area contributed by atoms with Crippen molar-refractivity contribution in [3.63, 3.8) is 0 Å². The Bertz CT molecular complexity index is 729. The highest BCUT2D eigenvalue weighted by Crippen LogP contribution is 2.28. The number of rotatable bonds is 2. The van der Waals surface area contributed by atoms with Crippen LogP contribution in [0.4, 0.5) is 13.2 Å². The summed E-state index contributed by atoms with van der Waals surface area (Å²) in [7, 11) is 0. The van der Waals surface area contributed by atoms with Crippen LogP contribution in [0.3, 0.4) is 0 Å². The molecule has 0 bridgehead atoms. The summed E-state index contributed by atoms with van der Waals surface area (Å²) in [5, 5.41) is 2.14. The summed E-state index contributed by atoms with van der Waals surface area (Å²) in [6, 6.07) is 11.7. The zero-order valence-electron chi connectivity index (χ0n) is 10.2. The van der Waals surface area contributed by atoms with E-state index in [-0.39, 0.29) is 5.75 Å². The fraction of sp³-hybridized carbons (Fsp3) is 0.0667. The predicted molar refractivity (Wildman–Crippen MR) is 70.4 cm³/mol. The topological polar surface area (TPSA) is 25.0 Å². The molecule has 0 unspecified atom stereocenters. The molecule has 5 heteroatoms. The van der Waals surface area contributed by atoms with Crippen molar-refractivity contribution >= 4 is 10.8 Å². The highest BCUT2D eigenvalue weighted by atomic mass is 19.4. The molecule has 0 fully saturated rings. The normalized spacial score (nSPS) is 11.8. The minimum absolute atomic E-state index is 0.219. The summed E-state index contributed by atoms with van der Waals surface area (Å²) in [5.74, 6) is -0.219. The van der Waals surface area contributed by atoms with Crippen LogP contribution in [0.1, 0.15) is 0 Å². The molecule has 0 radical (unpaired) electrons. The molecule has 3 aromatic rings. The van der Waals surface area contributed by atoms with Crippen LogP contribution in [0.2, 0.25) is 0 Å². The number of nitrogens with one attached hydrogen (secondary N) is 1. The van der Waals surface area contributed by atoms with Crippen LogP contribution in [-0.2, 0) is 0 Å². The molecular formula is C15H10F3NO. The maximum absolute atomic E-state index is 12.1. The Morgan fingerprint density at radius 3 is 2.15 bits per heavy atom. The van der Waals surface area contributed by atoms with Crippen LogP contribution in [0.5, 0.6) is 5.75 Å². The smallest absolute Gasteiger partial charge is 0.406 e. The molecule has 0 aliphatic carbocycles. The fourth-order valence-electron chi connectivity index (χ4n) is 2.08. The highest BCUT2D eigenvalue weighted by molar-refractivity contribution is 5.87. The predicted octanol–water partition coefficient (Wildman–Crippen LogP) is 4.73. The Labute approximate surface area is 112 Å². The minimum atomic E-state index is -4.66. The van der Waals surface area contributed by atoms with E-state index in [2.05, 4.69) is 9.72 Å². The number of halogens is 3. The monoisotopic (exact) mass is 277 g/mol. The van der Waals surface area contributed by atoms with Gasteiger partial charge in [0.15, 0.2) is 0 Å². The molecule has 0 aliphatic heterocycles. The average molecular weight is 277 g/mol. The van der Waals surface area contributed by atoms with Gasteiger partial charge in [0.1, 0.15) is 5.75 Å². The highest BCUT2D eigenvalue weighted by Gasteiger charge is 2.30. The first kappa shape index (κ1) is 12.6. The van der Waals surface area contributed by atoms with Crippen molar-refractivity contribution in [2.45, 2.75) is 6.36 Å². The van der Waals surface area contributed by atoms with Gasteiger partial charge in [-0.3, -0.25) is 0 Å². The Kier molecular flexibility index (Phi) is 2.89. The maximum Gasteiger partial charge on any atom is 0.573 e. The number of alkyl halides is 3. The van der Waals surface area contributed by atoms with Crippen LogP contribution in [0.15, 0.2) is 54.9 Å². The number of hydrogen-bond donors (Lipinski definition) is 1. The Hall–Kier alpha value is -2.43. The van der Waals surface area contributed by atoms with Gasteiger partial charge in [0.05, 0.1) is 0 Å². The summed E-state index contributed by atoms with van der Waals surface area (Å²) >= 11 is 0. The zero-order valence-corrected chi connectivity index (χ0v) is 10.2. The van der Waals surface area contributed by atoms with Crippen molar-refractivity contribution in [3.8, 4) is 16.9 Å². The zero-order chi connectivity index (χ0) is 14.2. The van der Waals surface area contributed by atoms with Gasteiger partial charge in [0.25, 0.3) is 0 Å². The molecule has 102 valence electrons. The Balaban J connectivity index is 1.90. The number of benzene rings is 2. The second-order valence-corrected chi connectivity index (χ2v) is 4.37. The van der Waals surface area contributed by atoms with Gasteiger partial charge in [0.2, 0.25) is 0 Å². The Morgan fingerprint density at radius 1 is 0.800 bits per heavy atom. The Morgan fingerprint density at radius 2 is 1.45 bits per heavy atom. The van der Waals surface area contributed by atoms with Gasteiger partial charge in [-0.1, -0.05) is 24.3 Å². The number of fused-ring (bicyclic) bond motifs is 1. The van der Waals surface area contributed by atoms with Crippen molar-refractivity contribution in [2.75, 3.05) is 0 Å². The van der Waals surface area contributed by atoms with E-state index in [0.29, 0.717) is 0 Å². The molecule has 0 saturated heterocycles. The van der Waals surface area contributed by atoms with Gasteiger partial charge >= 0.3 is 6.36 Å². The summed E-state index contributed by atoms with van der Waals surface area (Å²) in [6.45, 7) is 0. The van der Waals surface area contributed by atoms with Crippen LogP contribution < -0.4 is 4.74 Å². The molecule has 1 N–H and O–H groups in total. The van der Waals surface area contributed by atoms with E-state index >= 15 is 0 Å². The molecule has 0 amide bonds. The van der Waals surface area contributed by atoms with Crippen LogP contribution in [0, 0.1) is 0 Å². The van der Waals surface area contributed by atoms with Gasteiger partial charge < -0.3 is 9.72 Å². The number of aromatic nitrogens is 1. The van der Waals surface area contributed by atoms with Gasteiger partial charge in [-0.2, -0.15) is 0 Å². The molecular weight excluding hydrogens is 267 g/mol. The molecule has 1 aromatic heterocycles. The summed E-state index contributed by atoms with van der Waals surface area (Å²) in [5.41, 5.74) is 1.78. The molecule has 1 heterocycles. The molecule has 0 spiro atoms. The largest absolute Gasteiger partial charge is 0.573 e. The number of H-pyrrole nitrogens is 1. The number of ether oxygens (including phenoxy) is 1. The SMILES string of the molecule is FC(F)(F)Oc1ccc(-c2ccc3c[nH]cc3c2)cc1. The summed E-state index contributed by atoms with van der Waals surface area (Å²) < 4.78 is 40.1. The first-order valence-corrected chi connectivity index (χ1v) is 5.94. The van der Waals surface area contributed by atoms with Crippen LogP contribution in [0.25, 0.3) is 21.9 Å². The van der Waals surface area contributed by atoms with Crippen molar-refractivity contribution < 1.29 is 17.9 Å². The van der Waals surface area contributed by atoms with Gasteiger partial charge in [-0.05, 0) is 40.1 Å². The fourth-order valence-corrected chi connectivity index (χ4v) is 2.08. The first-order valence-electron chi connectivity index (χ1n) is 5.94. The lowest BCUT2D eigenvalue weighted by atomic mass is 10.0. The molecule has 2 aromatic carbocycles. The van der Waals surface area contributed by atoms with Crippen molar-refractivity contribution in [1.29, 1.82) is 0 Å². The van der Waals surface area contributed by atoms with E-state index in [9.17, 15) is 13.2 Å². The lowest BCUT2D eigenvalue weighted by Gasteiger charge is -2.09. The minimum Gasteiger partial charge on any atom is -0.406 e. The standard InChI is InChI=1S/C15H10F3NO/c16-15(17,18)20-14-5-3-10(4-6-14)11-1-2-12-8-19-9-13(12)7-11/h1-9,19H. The van der Waals surface area contributed by atoms with E-state index in [4.69, 9.17) is 0 Å². The first-order chi connectivity index (χ1) is 9.51. The number of aromatic amines is 1. The van der Waals surface area contributed by atoms with E-state index in [1.165, 1.54) is 12.1 Å². The lowest BCUT2D eigenvalue weighted by Crippen LogP contribution is -2.16. The third-order valence-corrected chi connectivity index (χ3v) is 2.99. The van der Waals surface area contributed by atoms with E-state index in [1.54, 1.807) is 12.1 Å².